The number of Topliss-reactive ketones (excluding diaryl/α,β-unsaturated/α-hetero) is 1. The molecule has 31 heavy (non-hydrogen) atoms. The minimum atomic E-state index is 0.104. The fourth-order valence-electron chi connectivity index (χ4n) is 3.48. The van der Waals surface area contributed by atoms with Crippen LogP contribution in [0.5, 0.6) is 0 Å². The second-order valence-electron chi connectivity index (χ2n) is 7.54. The number of anilines is 2. The van der Waals surface area contributed by atoms with Crippen LogP contribution in [0.25, 0.3) is 11.1 Å². The summed E-state index contributed by atoms with van der Waals surface area (Å²) < 4.78 is 0. The van der Waals surface area contributed by atoms with Crippen LogP contribution in [0.4, 0.5) is 11.5 Å². The summed E-state index contributed by atoms with van der Waals surface area (Å²) in [5.41, 5.74) is 10.3. The zero-order chi connectivity index (χ0) is 22.2. The molecule has 160 valence electrons. The predicted molar refractivity (Wildman–Crippen MR) is 126 cm³/mol. The summed E-state index contributed by atoms with van der Waals surface area (Å²) >= 11 is 0. The van der Waals surface area contributed by atoms with Crippen LogP contribution in [0.2, 0.25) is 0 Å². The monoisotopic (exact) mass is 415 g/mol. The van der Waals surface area contributed by atoms with Crippen molar-refractivity contribution in [2.75, 3.05) is 17.2 Å². The number of nitrogen functional groups attached to an aromatic ring is 1. The van der Waals surface area contributed by atoms with Gasteiger partial charge in [0.15, 0.2) is 5.78 Å². The average molecular weight is 416 g/mol. The van der Waals surface area contributed by atoms with Crippen molar-refractivity contribution in [2.24, 2.45) is 0 Å². The molecule has 0 saturated heterocycles. The van der Waals surface area contributed by atoms with Gasteiger partial charge in [-0.3, -0.25) is 9.59 Å². The molecule has 0 radical (unpaired) electrons. The van der Waals surface area contributed by atoms with Crippen molar-refractivity contribution in [3.63, 3.8) is 0 Å². The van der Waals surface area contributed by atoms with Crippen molar-refractivity contribution in [2.45, 2.75) is 39.5 Å². The molecule has 2 aromatic carbocycles. The molecule has 1 aromatic heterocycles. The Hall–Kier alpha value is -3.47. The molecule has 0 aliphatic heterocycles. The van der Waals surface area contributed by atoms with Gasteiger partial charge in [-0.1, -0.05) is 56.3 Å². The number of benzene rings is 2. The Kier molecular flexibility index (Phi) is 7.55. The van der Waals surface area contributed by atoms with Crippen LogP contribution in [0, 0.1) is 0 Å². The lowest BCUT2D eigenvalue weighted by Crippen LogP contribution is -2.30. The zero-order valence-electron chi connectivity index (χ0n) is 18.2. The molecule has 3 rings (SSSR count). The number of ketones is 1. The first kappa shape index (κ1) is 22.2. The molecule has 2 N–H and O–H groups in total. The molecule has 1 amide bonds. The molecular weight excluding hydrogens is 386 g/mol. The number of amides is 1. The number of pyridine rings is 1. The van der Waals surface area contributed by atoms with Crippen molar-refractivity contribution in [1.82, 2.24) is 4.98 Å². The lowest BCUT2D eigenvalue weighted by Gasteiger charge is -2.22. The van der Waals surface area contributed by atoms with Crippen LogP contribution in [0.15, 0.2) is 66.9 Å². The Morgan fingerprint density at radius 1 is 0.903 bits per heavy atom. The van der Waals surface area contributed by atoms with Crippen molar-refractivity contribution in [3.8, 4) is 11.1 Å². The summed E-state index contributed by atoms with van der Waals surface area (Å²) in [5.74, 6) is 0.716. The van der Waals surface area contributed by atoms with Crippen LogP contribution >= 0.6 is 0 Å². The lowest BCUT2D eigenvalue weighted by atomic mass is 9.99. The van der Waals surface area contributed by atoms with Crippen molar-refractivity contribution in [3.05, 3.63) is 78.0 Å². The topological polar surface area (TPSA) is 76.3 Å². The van der Waals surface area contributed by atoms with Crippen LogP contribution < -0.4 is 10.6 Å². The molecular formula is C26H29N3O2. The van der Waals surface area contributed by atoms with Crippen LogP contribution in [-0.4, -0.2) is 23.2 Å². The van der Waals surface area contributed by atoms with E-state index in [0.717, 1.165) is 35.3 Å². The van der Waals surface area contributed by atoms with Crippen LogP contribution in [0.1, 0.15) is 49.0 Å². The van der Waals surface area contributed by atoms with Crippen molar-refractivity contribution < 1.29 is 9.59 Å². The van der Waals surface area contributed by atoms with E-state index < -0.39 is 0 Å². The van der Waals surface area contributed by atoms with E-state index in [1.807, 2.05) is 66.4 Å². The van der Waals surface area contributed by atoms with Crippen LogP contribution in [-0.2, 0) is 11.2 Å². The Bertz CT molecular complexity index is 1010. The highest BCUT2D eigenvalue weighted by Crippen LogP contribution is 2.25. The number of nitrogens with two attached hydrogens (primary N) is 1. The number of hydrogen-bond acceptors (Lipinski definition) is 4. The van der Waals surface area contributed by atoms with Crippen molar-refractivity contribution in [1.29, 1.82) is 0 Å². The van der Waals surface area contributed by atoms with E-state index in [-0.39, 0.29) is 11.7 Å². The molecule has 0 aliphatic rings. The molecule has 0 spiro atoms. The van der Waals surface area contributed by atoms with Crippen LogP contribution in [0.3, 0.4) is 0 Å². The summed E-state index contributed by atoms with van der Waals surface area (Å²) in [4.78, 5) is 30.6. The number of carbonyl (C=O) groups is 2. The molecule has 0 fully saturated rings. The van der Waals surface area contributed by atoms with E-state index in [4.69, 9.17) is 5.73 Å². The number of nitrogens with zero attached hydrogens (tertiary/aromatic N) is 2. The van der Waals surface area contributed by atoms with Gasteiger partial charge in [-0.2, -0.15) is 0 Å². The maximum absolute atomic E-state index is 12.5. The third-order valence-corrected chi connectivity index (χ3v) is 5.26. The number of carbonyl (C=O) groups excluding carboxylic acids is 2. The first-order valence-corrected chi connectivity index (χ1v) is 10.8. The first-order valence-electron chi connectivity index (χ1n) is 10.8. The summed E-state index contributed by atoms with van der Waals surface area (Å²) in [5, 5.41) is 0. The SMILES string of the molecule is CCCN(C(=O)CC)c1ccc(-c2ccc(C(=O)CCc3ccc(N)nc3)cc2)cc1. The minimum Gasteiger partial charge on any atom is -0.384 e. The van der Waals surface area contributed by atoms with E-state index in [1.54, 1.807) is 12.3 Å². The summed E-state index contributed by atoms with van der Waals surface area (Å²) in [7, 11) is 0. The van der Waals surface area contributed by atoms with E-state index >= 15 is 0 Å². The molecule has 5 nitrogen and oxygen atoms in total. The highest BCUT2D eigenvalue weighted by Gasteiger charge is 2.13. The van der Waals surface area contributed by atoms with Gasteiger partial charge in [0.2, 0.25) is 5.91 Å². The smallest absolute Gasteiger partial charge is 0.226 e. The first-order chi connectivity index (χ1) is 15.0. The fourth-order valence-corrected chi connectivity index (χ4v) is 3.48. The number of aromatic nitrogens is 1. The van der Waals surface area contributed by atoms with E-state index in [1.165, 1.54) is 0 Å². The maximum atomic E-state index is 12.5. The molecule has 0 bridgehead atoms. The summed E-state index contributed by atoms with van der Waals surface area (Å²) in [6.07, 6.45) is 4.19. The summed E-state index contributed by atoms with van der Waals surface area (Å²) in [6.45, 7) is 4.67. The highest BCUT2D eigenvalue weighted by molar-refractivity contribution is 5.96. The number of rotatable bonds is 9. The molecule has 1 heterocycles. The van der Waals surface area contributed by atoms with Gasteiger partial charge in [0, 0.05) is 36.8 Å². The predicted octanol–water partition coefficient (Wildman–Crippen LogP) is 5.30. The van der Waals surface area contributed by atoms with Gasteiger partial charge in [0.25, 0.3) is 0 Å². The van der Waals surface area contributed by atoms with E-state index in [0.29, 0.717) is 30.6 Å². The number of aryl methyl sites for hydroxylation is 1. The molecule has 3 aromatic rings. The van der Waals surface area contributed by atoms with Gasteiger partial charge in [-0.15, -0.1) is 0 Å². The van der Waals surface area contributed by atoms with Crippen molar-refractivity contribution >= 4 is 23.2 Å². The quantitative estimate of drug-likeness (QED) is 0.481. The molecule has 5 heteroatoms. The average Bonchev–Trinajstić information content (AvgIpc) is 2.82. The normalized spacial score (nSPS) is 10.6. The Morgan fingerprint density at radius 2 is 1.55 bits per heavy atom. The standard InChI is InChI=1S/C26H29N3O2/c1-3-17-29(26(31)4-2)23-13-11-21(12-14-23)20-7-9-22(10-8-20)24(30)15-5-19-6-16-25(27)28-18-19/h6-14,16,18H,3-5,15,17H2,1-2H3,(H2,27,28). The van der Waals surface area contributed by atoms with E-state index in [2.05, 4.69) is 11.9 Å². The summed E-state index contributed by atoms with van der Waals surface area (Å²) in [6, 6.07) is 19.3. The third kappa shape index (κ3) is 5.79. The van der Waals surface area contributed by atoms with Gasteiger partial charge in [-0.25, -0.2) is 4.98 Å². The Morgan fingerprint density at radius 3 is 2.10 bits per heavy atom. The zero-order valence-corrected chi connectivity index (χ0v) is 18.2. The van der Waals surface area contributed by atoms with Gasteiger partial charge in [-0.05, 0) is 47.7 Å². The minimum absolute atomic E-state index is 0.104. The van der Waals surface area contributed by atoms with Gasteiger partial charge >= 0.3 is 0 Å². The molecule has 0 saturated carbocycles. The molecule has 0 atom stereocenters. The van der Waals surface area contributed by atoms with E-state index in [9.17, 15) is 9.59 Å². The largest absolute Gasteiger partial charge is 0.384 e. The fraction of sp³-hybridized carbons (Fsp3) is 0.269. The van der Waals surface area contributed by atoms with Gasteiger partial charge in [0.05, 0.1) is 0 Å². The molecule has 0 unspecified atom stereocenters. The lowest BCUT2D eigenvalue weighted by molar-refractivity contribution is -0.118. The Balaban J connectivity index is 1.65. The second-order valence-corrected chi connectivity index (χ2v) is 7.54. The second kappa shape index (κ2) is 10.5. The third-order valence-electron chi connectivity index (χ3n) is 5.26. The maximum Gasteiger partial charge on any atom is 0.226 e. The molecule has 0 aliphatic carbocycles. The van der Waals surface area contributed by atoms with Gasteiger partial charge < -0.3 is 10.6 Å². The van der Waals surface area contributed by atoms with Gasteiger partial charge in [0.1, 0.15) is 5.82 Å². The number of hydrogen-bond donors (Lipinski definition) is 1. The highest BCUT2D eigenvalue weighted by atomic mass is 16.2. The Labute approximate surface area is 183 Å².